The third-order valence-corrected chi connectivity index (χ3v) is 2.30. The molecule has 0 fully saturated rings. The number of thioether (sulfide) groups is 1. The fraction of sp³-hybridized carbons (Fsp3) is 0.143. The smallest absolute Gasteiger partial charge is 0.264 e. The Morgan fingerprint density at radius 3 is 3.00 bits per heavy atom. The zero-order valence-electron chi connectivity index (χ0n) is 6.04. The van der Waals surface area contributed by atoms with Gasteiger partial charge in [-0.25, -0.2) is 0 Å². The summed E-state index contributed by atoms with van der Waals surface area (Å²) >= 11 is 1.11. The molecule has 1 atom stereocenters. The van der Waals surface area contributed by atoms with Crippen molar-refractivity contribution in [1.29, 1.82) is 0 Å². The van der Waals surface area contributed by atoms with Gasteiger partial charge in [0, 0.05) is 18.0 Å². The molecule has 2 heterocycles. The van der Waals surface area contributed by atoms with Crippen LogP contribution in [-0.4, -0.2) is 10.2 Å². The first-order valence-corrected chi connectivity index (χ1v) is 4.25. The Balaban J connectivity index is 2.23. The zero-order valence-corrected chi connectivity index (χ0v) is 6.86. The lowest BCUT2D eigenvalue weighted by atomic mass is 10.3. The highest BCUT2D eigenvalue weighted by atomic mass is 32.2. The van der Waals surface area contributed by atoms with E-state index in [-0.39, 0.29) is 10.6 Å². The van der Waals surface area contributed by atoms with Crippen LogP contribution in [0.2, 0.25) is 0 Å². The molecule has 1 amide bonds. The van der Waals surface area contributed by atoms with Crippen molar-refractivity contribution < 1.29 is 4.79 Å². The van der Waals surface area contributed by atoms with Gasteiger partial charge in [0.25, 0.3) is 0 Å². The number of rotatable bonds is 1. The summed E-state index contributed by atoms with van der Waals surface area (Å²) in [6.07, 6.45) is 3.37. The average Bonchev–Trinajstić information content (AvgIpc) is 2.54. The number of carbonyl (C=O) groups excluding carboxylic acids is 1. The van der Waals surface area contributed by atoms with Crippen LogP contribution < -0.4 is 0 Å². The van der Waals surface area contributed by atoms with Gasteiger partial charge in [-0.1, -0.05) is 6.07 Å². The van der Waals surface area contributed by atoms with Crippen LogP contribution in [0.25, 0.3) is 0 Å². The first-order valence-electron chi connectivity index (χ1n) is 3.37. The number of azo groups is 1. The summed E-state index contributed by atoms with van der Waals surface area (Å²) in [5.41, 5.74) is 0.914. The van der Waals surface area contributed by atoms with E-state index < -0.39 is 0 Å². The lowest BCUT2D eigenvalue weighted by molar-refractivity contribution is 0.267. The van der Waals surface area contributed by atoms with Crippen molar-refractivity contribution in [3.63, 3.8) is 0 Å². The van der Waals surface area contributed by atoms with Crippen molar-refractivity contribution in [2.45, 2.75) is 5.37 Å². The second-order valence-corrected chi connectivity index (χ2v) is 3.27. The molecule has 1 aromatic rings. The van der Waals surface area contributed by atoms with Gasteiger partial charge in [0.1, 0.15) is 0 Å². The maximum atomic E-state index is 10.7. The standard InChI is InChI=1S/C7H5N3OS/c11-7-10-9-6(12-7)5-2-1-3-8-4-5/h1-4,6H. The normalized spacial score (nSPS) is 21.7. The van der Waals surface area contributed by atoms with Crippen LogP contribution >= 0.6 is 11.8 Å². The maximum Gasteiger partial charge on any atom is 0.325 e. The van der Waals surface area contributed by atoms with Crippen molar-refractivity contribution in [2.24, 2.45) is 10.2 Å². The summed E-state index contributed by atoms with van der Waals surface area (Å²) in [7, 11) is 0. The minimum absolute atomic E-state index is 0.189. The first-order chi connectivity index (χ1) is 5.86. The highest BCUT2D eigenvalue weighted by Crippen LogP contribution is 2.36. The molecule has 4 nitrogen and oxygen atoms in total. The third kappa shape index (κ3) is 1.35. The fourth-order valence-corrected chi connectivity index (χ4v) is 1.55. The topological polar surface area (TPSA) is 54.7 Å². The Kier molecular flexibility index (Phi) is 1.87. The van der Waals surface area contributed by atoms with Crippen molar-refractivity contribution in [2.75, 3.05) is 0 Å². The van der Waals surface area contributed by atoms with E-state index in [1.54, 1.807) is 12.4 Å². The highest BCUT2D eigenvalue weighted by Gasteiger charge is 2.21. The predicted octanol–water partition coefficient (Wildman–Crippen LogP) is 2.40. The predicted molar refractivity (Wildman–Crippen MR) is 44.8 cm³/mol. The van der Waals surface area contributed by atoms with Gasteiger partial charge in [0.05, 0.1) is 0 Å². The van der Waals surface area contributed by atoms with Crippen molar-refractivity contribution >= 4 is 17.0 Å². The number of nitrogens with zero attached hydrogens (tertiary/aromatic N) is 3. The van der Waals surface area contributed by atoms with Crippen LogP contribution in [0.1, 0.15) is 10.9 Å². The SMILES string of the molecule is O=C1N=NC(c2cccnc2)S1. The largest absolute Gasteiger partial charge is 0.325 e. The summed E-state index contributed by atoms with van der Waals surface area (Å²) in [5.74, 6) is 0. The molecule has 0 aromatic carbocycles. The molecule has 0 aliphatic carbocycles. The van der Waals surface area contributed by atoms with Crippen molar-refractivity contribution in [1.82, 2.24) is 4.98 Å². The molecule has 0 spiro atoms. The second kappa shape index (κ2) is 3.02. The number of amides is 1. The minimum Gasteiger partial charge on any atom is -0.264 e. The number of pyridine rings is 1. The van der Waals surface area contributed by atoms with E-state index in [0.29, 0.717) is 0 Å². The van der Waals surface area contributed by atoms with E-state index in [9.17, 15) is 4.79 Å². The molecule has 0 N–H and O–H groups in total. The third-order valence-electron chi connectivity index (χ3n) is 1.43. The minimum atomic E-state index is -0.233. The molecule has 0 radical (unpaired) electrons. The van der Waals surface area contributed by atoms with Crippen LogP contribution in [0.3, 0.4) is 0 Å². The van der Waals surface area contributed by atoms with Crippen molar-refractivity contribution in [3.05, 3.63) is 30.1 Å². The van der Waals surface area contributed by atoms with Gasteiger partial charge in [-0.3, -0.25) is 9.78 Å². The van der Waals surface area contributed by atoms with Crippen LogP contribution in [0.4, 0.5) is 4.79 Å². The van der Waals surface area contributed by atoms with Gasteiger partial charge in [-0.05, 0) is 17.8 Å². The summed E-state index contributed by atoms with van der Waals surface area (Å²) < 4.78 is 0. The van der Waals surface area contributed by atoms with Gasteiger partial charge in [-0.15, -0.1) is 5.11 Å². The zero-order chi connectivity index (χ0) is 8.39. The van der Waals surface area contributed by atoms with Gasteiger partial charge < -0.3 is 0 Å². The van der Waals surface area contributed by atoms with Gasteiger partial charge in [-0.2, -0.15) is 5.11 Å². The van der Waals surface area contributed by atoms with Gasteiger partial charge >= 0.3 is 5.24 Å². The van der Waals surface area contributed by atoms with Gasteiger partial charge in [0.2, 0.25) is 0 Å². The second-order valence-electron chi connectivity index (χ2n) is 2.24. The van der Waals surface area contributed by atoms with Crippen LogP contribution in [0.15, 0.2) is 34.8 Å². The Bertz CT molecular complexity index is 325. The summed E-state index contributed by atoms with van der Waals surface area (Å²) in [6, 6.07) is 3.69. The first kappa shape index (κ1) is 7.42. The molecular weight excluding hydrogens is 174 g/mol. The van der Waals surface area contributed by atoms with Crippen LogP contribution in [0, 0.1) is 0 Å². The molecule has 2 rings (SSSR count). The summed E-state index contributed by atoms with van der Waals surface area (Å²) in [4.78, 5) is 14.6. The lowest BCUT2D eigenvalue weighted by Gasteiger charge is -2.00. The van der Waals surface area contributed by atoms with E-state index >= 15 is 0 Å². The van der Waals surface area contributed by atoms with Crippen LogP contribution in [0.5, 0.6) is 0 Å². The Morgan fingerprint density at radius 1 is 1.50 bits per heavy atom. The molecule has 5 heteroatoms. The quantitative estimate of drug-likeness (QED) is 0.665. The molecule has 0 saturated carbocycles. The van der Waals surface area contributed by atoms with Crippen LogP contribution in [-0.2, 0) is 0 Å². The average molecular weight is 179 g/mol. The van der Waals surface area contributed by atoms with E-state index in [4.69, 9.17) is 0 Å². The van der Waals surface area contributed by atoms with E-state index in [2.05, 4.69) is 15.2 Å². The summed E-state index contributed by atoms with van der Waals surface area (Å²) in [6.45, 7) is 0. The Morgan fingerprint density at radius 2 is 2.42 bits per heavy atom. The lowest BCUT2D eigenvalue weighted by Crippen LogP contribution is -1.87. The number of aromatic nitrogens is 1. The van der Waals surface area contributed by atoms with Gasteiger partial charge in [0.15, 0.2) is 5.37 Å². The number of hydrogen-bond donors (Lipinski definition) is 0. The van der Waals surface area contributed by atoms with E-state index in [1.165, 1.54) is 0 Å². The molecular formula is C7H5N3OS. The number of carbonyl (C=O) groups is 1. The Labute approximate surface area is 73.1 Å². The highest BCUT2D eigenvalue weighted by molar-refractivity contribution is 8.14. The summed E-state index contributed by atoms with van der Waals surface area (Å²) in [5, 5.41) is 6.78. The van der Waals surface area contributed by atoms with Crippen molar-refractivity contribution in [3.8, 4) is 0 Å². The number of hydrogen-bond acceptors (Lipinski definition) is 4. The van der Waals surface area contributed by atoms with E-state index in [0.717, 1.165) is 17.3 Å². The molecule has 1 aliphatic heterocycles. The maximum absolute atomic E-state index is 10.7. The molecule has 0 saturated heterocycles. The molecule has 1 unspecified atom stereocenters. The monoisotopic (exact) mass is 179 g/mol. The molecule has 0 bridgehead atoms. The Hall–Kier alpha value is -1.23. The molecule has 12 heavy (non-hydrogen) atoms. The van der Waals surface area contributed by atoms with E-state index in [1.807, 2.05) is 12.1 Å². The fourth-order valence-electron chi connectivity index (χ4n) is 0.899. The molecule has 1 aliphatic rings. The molecule has 1 aromatic heterocycles. The molecule has 60 valence electrons.